The van der Waals surface area contributed by atoms with E-state index in [0.29, 0.717) is 46.6 Å². The van der Waals surface area contributed by atoms with Crippen LogP contribution in [0.4, 0.5) is 10.5 Å². The molecule has 1 unspecified atom stereocenters. The van der Waals surface area contributed by atoms with Gasteiger partial charge in [-0.15, -0.1) is 0 Å². The molecule has 26 heavy (non-hydrogen) atoms. The number of benzene rings is 2. The molecule has 7 heteroatoms. The van der Waals surface area contributed by atoms with Crippen molar-refractivity contribution in [2.75, 3.05) is 18.4 Å². The molecule has 1 saturated heterocycles. The average Bonchev–Trinajstić information content (AvgIpc) is 3.01. The lowest BCUT2D eigenvalue weighted by atomic mass is 9.89. The maximum absolute atomic E-state index is 12.6. The Bertz CT molecular complexity index is 902. The number of rotatable bonds is 1. The summed E-state index contributed by atoms with van der Waals surface area (Å²) >= 11 is 11.9. The number of urea groups is 1. The molecule has 1 fully saturated rings. The molecule has 0 saturated carbocycles. The van der Waals surface area contributed by atoms with Crippen molar-refractivity contribution < 1.29 is 14.3 Å². The van der Waals surface area contributed by atoms with Crippen molar-refractivity contribution in [2.45, 2.75) is 18.4 Å². The number of hydrogen-bond acceptors (Lipinski definition) is 3. The van der Waals surface area contributed by atoms with Gasteiger partial charge in [0.15, 0.2) is 5.78 Å². The summed E-state index contributed by atoms with van der Waals surface area (Å²) in [5.41, 5.74) is 0.522. The number of ketones is 1. The van der Waals surface area contributed by atoms with Gasteiger partial charge in [-0.05, 0) is 30.3 Å². The Hall–Kier alpha value is -2.24. The molecule has 1 spiro atoms. The van der Waals surface area contributed by atoms with Crippen LogP contribution in [0.3, 0.4) is 0 Å². The maximum Gasteiger partial charge on any atom is 0.321 e. The van der Waals surface area contributed by atoms with E-state index in [2.05, 4.69) is 5.32 Å². The summed E-state index contributed by atoms with van der Waals surface area (Å²) < 4.78 is 6.14. The van der Waals surface area contributed by atoms with Crippen LogP contribution in [0.1, 0.15) is 23.2 Å². The highest BCUT2D eigenvalue weighted by molar-refractivity contribution is 6.42. The number of nitrogens with zero attached hydrogens (tertiary/aromatic N) is 1. The van der Waals surface area contributed by atoms with Crippen LogP contribution >= 0.6 is 23.2 Å². The Morgan fingerprint density at radius 3 is 2.77 bits per heavy atom. The molecule has 2 heterocycles. The van der Waals surface area contributed by atoms with E-state index in [0.717, 1.165) is 0 Å². The SMILES string of the molecule is O=C1CC2(CCN(C(=O)Nc3ccc(Cl)c(Cl)c3)C2)Oc2ccccc21. The first-order valence-corrected chi connectivity index (χ1v) is 9.04. The van der Waals surface area contributed by atoms with Crippen LogP contribution < -0.4 is 10.1 Å². The quantitative estimate of drug-likeness (QED) is 0.771. The van der Waals surface area contributed by atoms with E-state index in [1.807, 2.05) is 12.1 Å². The third-order valence-electron chi connectivity index (χ3n) is 4.77. The molecule has 0 aliphatic carbocycles. The van der Waals surface area contributed by atoms with Crippen molar-refractivity contribution in [2.24, 2.45) is 0 Å². The number of carbonyl (C=O) groups excluding carboxylic acids is 2. The van der Waals surface area contributed by atoms with E-state index in [4.69, 9.17) is 27.9 Å². The van der Waals surface area contributed by atoms with Crippen molar-refractivity contribution in [3.8, 4) is 5.75 Å². The fourth-order valence-corrected chi connectivity index (χ4v) is 3.76. The van der Waals surface area contributed by atoms with Crippen LogP contribution in [0.25, 0.3) is 0 Å². The first-order chi connectivity index (χ1) is 12.5. The fourth-order valence-electron chi connectivity index (χ4n) is 3.47. The molecule has 2 aliphatic rings. The van der Waals surface area contributed by atoms with Gasteiger partial charge in [-0.2, -0.15) is 0 Å². The molecule has 1 N–H and O–H groups in total. The molecule has 2 amide bonds. The Morgan fingerprint density at radius 1 is 1.15 bits per heavy atom. The van der Waals surface area contributed by atoms with Gasteiger partial charge in [0.2, 0.25) is 0 Å². The molecular weight excluding hydrogens is 375 g/mol. The summed E-state index contributed by atoms with van der Waals surface area (Å²) in [4.78, 5) is 26.7. The standard InChI is InChI=1S/C19H16Cl2N2O3/c20-14-6-5-12(9-15(14)21)22-18(25)23-8-7-19(11-23)10-16(24)13-3-1-2-4-17(13)26-19/h1-6,9H,7-8,10-11H2,(H,22,25). The molecule has 2 aromatic carbocycles. The predicted molar refractivity (Wildman–Crippen MR) is 100 cm³/mol. The maximum atomic E-state index is 12.6. The van der Waals surface area contributed by atoms with E-state index < -0.39 is 5.60 Å². The van der Waals surface area contributed by atoms with Crippen LogP contribution in [-0.4, -0.2) is 35.4 Å². The second-order valence-corrected chi connectivity index (χ2v) is 7.43. The van der Waals surface area contributed by atoms with Gasteiger partial charge in [-0.25, -0.2) is 4.79 Å². The lowest BCUT2D eigenvalue weighted by Gasteiger charge is -2.34. The first kappa shape index (κ1) is 17.2. The summed E-state index contributed by atoms with van der Waals surface area (Å²) in [5, 5.41) is 3.61. The number of Topliss-reactive ketones (excluding diaryl/α,β-unsaturated/α-hetero) is 1. The highest BCUT2D eigenvalue weighted by Gasteiger charge is 2.46. The molecule has 134 valence electrons. The highest BCUT2D eigenvalue weighted by atomic mass is 35.5. The van der Waals surface area contributed by atoms with Gasteiger partial charge in [0.05, 0.1) is 28.6 Å². The number of fused-ring (bicyclic) bond motifs is 1. The van der Waals surface area contributed by atoms with Gasteiger partial charge in [0, 0.05) is 18.7 Å². The topological polar surface area (TPSA) is 58.6 Å². The third-order valence-corrected chi connectivity index (χ3v) is 5.51. The Balaban J connectivity index is 1.47. The summed E-state index contributed by atoms with van der Waals surface area (Å²) in [7, 11) is 0. The largest absolute Gasteiger partial charge is 0.484 e. The van der Waals surface area contributed by atoms with Gasteiger partial charge < -0.3 is 15.0 Å². The second kappa shape index (κ2) is 6.49. The minimum absolute atomic E-state index is 0.0543. The minimum atomic E-state index is -0.652. The summed E-state index contributed by atoms with van der Waals surface area (Å²) in [6, 6.07) is 11.9. The fraction of sp³-hybridized carbons (Fsp3) is 0.263. The van der Waals surface area contributed by atoms with E-state index in [9.17, 15) is 9.59 Å². The smallest absolute Gasteiger partial charge is 0.321 e. The molecule has 0 aromatic heterocycles. The number of anilines is 1. The Kier molecular flexibility index (Phi) is 4.29. The van der Waals surface area contributed by atoms with Crippen LogP contribution in [0.2, 0.25) is 10.0 Å². The number of halogens is 2. The molecular formula is C19H16Cl2N2O3. The number of para-hydroxylation sites is 1. The van der Waals surface area contributed by atoms with E-state index in [1.165, 1.54) is 0 Å². The van der Waals surface area contributed by atoms with Crippen molar-refractivity contribution in [3.05, 3.63) is 58.1 Å². The Labute approximate surface area is 160 Å². The molecule has 2 aromatic rings. The molecule has 2 aliphatic heterocycles. The number of carbonyl (C=O) groups is 2. The van der Waals surface area contributed by atoms with Gasteiger partial charge in [0.1, 0.15) is 11.4 Å². The van der Waals surface area contributed by atoms with Crippen molar-refractivity contribution in [1.29, 1.82) is 0 Å². The number of hydrogen-bond donors (Lipinski definition) is 1. The van der Waals surface area contributed by atoms with Gasteiger partial charge in [-0.3, -0.25) is 4.79 Å². The average molecular weight is 391 g/mol. The third kappa shape index (κ3) is 3.13. The molecule has 0 radical (unpaired) electrons. The van der Waals surface area contributed by atoms with Gasteiger partial charge in [-0.1, -0.05) is 35.3 Å². The first-order valence-electron chi connectivity index (χ1n) is 8.28. The normalized spacial score (nSPS) is 21.5. The van der Waals surface area contributed by atoms with Gasteiger partial charge in [0.25, 0.3) is 0 Å². The summed E-state index contributed by atoms with van der Waals surface area (Å²) in [6.07, 6.45) is 0.891. The lowest BCUT2D eigenvalue weighted by molar-refractivity contribution is 0.0482. The lowest BCUT2D eigenvalue weighted by Crippen LogP contribution is -2.45. The zero-order chi connectivity index (χ0) is 18.3. The van der Waals surface area contributed by atoms with Crippen LogP contribution in [-0.2, 0) is 0 Å². The van der Waals surface area contributed by atoms with Crippen molar-refractivity contribution >= 4 is 40.7 Å². The predicted octanol–water partition coefficient (Wildman–Crippen LogP) is 4.64. The van der Waals surface area contributed by atoms with Crippen LogP contribution in [0, 0.1) is 0 Å². The Morgan fingerprint density at radius 2 is 1.96 bits per heavy atom. The second-order valence-electron chi connectivity index (χ2n) is 6.61. The zero-order valence-corrected chi connectivity index (χ0v) is 15.3. The molecule has 5 nitrogen and oxygen atoms in total. The van der Waals surface area contributed by atoms with E-state index >= 15 is 0 Å². The van der Waals surface area contributed by atoms with Crippen LogP contribution in [0.5, 0.6) is 5.75 Å². The highest BCUT2D eigenvalue weighted by Crippen LogP contribution is 2.38. The summed E-state index contributed by atoms with van der Waals surface area (Å²) in [6.45, 7) is 0.878. The number of nitrogens with one attached hydrogen (secondary N) is 1. The molecule has 4 rings (SSSR count). The van der Waals surface area contributed by atoms with E-state index in [-0.39, 0.29) is 18.2 Å². The zero-order valence-electron chi connectivity index (χ0n) is 13.8. The summed E-state index contributed by atoms with van der Waals surface area (Å²) in [5.74, 6) is 0.647. The monoisotopic (exact) mass is 390 g/mol. The number of likely N-dealkylation sites (tertiary alicyclic amines) is 1. The number of ether oxygens (including phenoxy) is 1. The van der Waals surface area contributed by atoms with Gasteiger partial charge >= 0.3 is 6.03 Å². The molecule has 1 atom stereocenters. The van der Waals surface area contributed by atoms with E-state index in [1.54, 1.807) is 35.2 Å². The number of amides is 2. The van der Waals surface area contributed by atoms with Crippen molar-refractivity contribution in [3.63, 3.8) is 0 Å². The van der Waals surface area contributed by atoms with Crippen LogP contribution in [0.15, 0.2) is 42.5 Å². The minimum Gasteiger partial charge on any atom is -0.484 e. The molecule has 0 bridgehead atoms. The van der Waals surface area contributed by atoms with Crippen molar-refractivity contribution in [1.82, 2.24) is 4.90 Å².